The molecular formula is C16H15N3O6. The zero-order valence-electron chi connectivity index (χ0n) is 13.0. The third-order valence-corrected chi connectivity index (χ3v) is 3.43. The molecule has 2 N–H and O–H groups in total. The van der Waals surface area contributed by atoms with E-state index in [1.807, 2.05) is 0 Å². The maximum absolute atomic E-state index is 11.9. The van der Waals surface area contributed by atoms with Crippen molar-refractivity contribution in [2.75, 3.05) is 0 Å². The van der Waals surface area contributed by atoms with E-state index in [2.05, 4.69) is 0 Å². The van der Waals surface area contributed by atoms with Gasteiger partial charge in [0.05, 0.1) is 9.85 Å². The standard InChI is InChI=1S/C16H15N3O6/c17-15(9-11-1-5-13(6-2-11)18(21)22)16(20)25-10-12-3-7-14(8-4-12)19(23)24/h1-8,15H,9-10,17H2/t15-/m0/s1. The van der Waals surface area contributed by atoms with Gasteiger partial charge in [-0.2, -0.15) is 0 Å². The third-order valence-electron chi connectivity index (χ3n) is 3.43. The lowest BCUT2D eigenvalue weighted by molar-refractivity contribution is -0.385. The van der Waals surface area contributed by atoms with Gasteiger partial charge in [-0.05, 0) is 29.7 Å². The summed E-state index contributed by atoms with van der Waals surface area (Å²) in [5.41, 5.74) is 6.95. The summed E-state index contributed by atoms with van der Waals surface area (Å²) in [6, 6.07) is 10.4. The maximum Gasteiger partial charge on any atom is 0.323 e. The highest BCUT2D eigenvalue weighted by atomic mass is 16.6. The van der Waals surface area contributed by atoms with Gasteiger partial charge in [-0.1, -0.05) is 12.1 Å². The van der Waals surface area contributed by atoms with Crippen molar-refractivity contribution in [2.45, 2.75) is 19.1 Å². The fourth-order valence-electron chi connectivity index (χ4n) is 2.07. The predicted molar refractivity (Wildman–Crippen MR) is 87.7 cm³/mol. The summed E-state index contributed by atoms with van der Waals surface area (Å²) >= 11 is 0. The molecule has 0 saturated heterocycles. The fourth-order valence-corrected chi connectivity index (χ4v) is 2.07. The molecule has 9 nitrogen and oxygen atoms in total. The summed E-state index contributed by atoms with van der Waals surface area (Å²) < 4.78 is 5.08. The van der Waals surface area contributed by atoms with E-state index in [9.17, 15) is 25.0 Å². The van der Waals surface area contributed by atoms with Crippen LogP contribution in [0.2, 0.25) is 0 Å². The minimum atomic E-state index is -0.917. The average molecular weight is 345 g/mol. The van der Waals surface area contributed by atoms with Crippen LogP contribution in [0, 0.1) is 20.2 Å². The van der Waals surface area contributed by atoms with Gasteiger partial charge in [0, 0.05) is 24.3 Å². The molecule has 0 radical (unpaired) electrons. The van der Waals surface area contributed by atoms with Crippen LogP contribution in [0.5, 0.6) is 0 Å². The predicted octanol–water partition coefficient (Wildman–Crippen LogP) is 2.12. The van der Waals surface area contributed by atoms with E-state index in [0.29, 0.717) is 11.1 Å². The van der Waals surface area contributed by atoms with E-state index in [-0.39, 0.29) is 24.4 Å². The van der Waals surface area contributed by atoms with Crippen molar-refractivity contribution in [1.82, 2.24) is 0 Å². The Kier molecular flexibility index (Phi) is 5.75. The molecule has 0 aliphatic carbocycles. The summed E-state index contributed by atoms with van der Waals surface area (Å²) in [7, 11) is 0. The Morgan fingerprint density at radius 2 is 1.36 bits per heavy atom. The van der Waals surface area contributed by atoms with Crippen LogP contribution < -0.4 is 5.73 Å². The number of benzene rings is 2. The largest absolute Gasteiger partial charge is 0.460 e. The zero-order chi connectivity index (χ0) is 18.4. The number of non-ortho nitro benzene ring substituents is 2. The van der Waals surface area contributed by atoms with Crippen LogP contribution in [0.25, 0.3) is 0 Å². The molecule has 25 heavy (non-hydrogen) atoms. The second-order valence-electron chi connectivity index (χ2n) is 5.27. The van der Waals surface area contributed by atoms with Crippen LogP contribution in [-0.4, -0.2) is 21.9 Å². The molecule has 0 heterocycles. The molecule has 0 saturated carbocycles. The van der Waals surface area contributed by atoms with Crippen LogP contribution >= 0.6 is 0 Å². The number of nitro groups is 2. The van der Waals surface area contributed by atoms with E-state index in [4.69, 9.17) is 10.5 Å². The van der Waals surface area contributed by atoms with Crippen molar-refractivity contribution < 1.29 is 19.4 Å². The number of hydrogen-bond donors (Lipinski definition) is 1. The highest BCUT2D eigenvalue weighted by Crippen LogP contribution is 2.14. The summed E-state index contributed by atoms with van der Waals surface area (Å²) in [6.07, 6.45) is 0.178. The first-order valence-electron chi connectivity index (χ1n) is 7.25. The van der Waals surface area contributed by atoms with Gasteiger partial charge in [0.2, 0.25) is 0 Å². The van der Waals surface area contributed by atoms with Gasteiger partial charge in [-0.15, -0.1) is 0 Å². The summed E-state index contributed by atoms with van der Waals surface area (Å²) in [5, 5.41) is 21.2. The van der Waals surface area contributed by atoms with Crippen LogP contribution in [0.4, 0.5) is 11.4 Å². The molecule has 0 aliphatic rings. The van der Waals surface area contributed by atoms with Crippen molar-refractivity contribution in [2.24, 2.45) is 5.73 Å². The number of carbonyl (C=O) groups is 1. The fraction of sp³-hybridized carbons (Fsp3) is 0.188. The Labute approximate surface area is 142 Å². The molecule has 0 aliphatic heterocycles. The number of ether oxygens (including phenoxy) is 1. The number of nitrogens with two attached hydrogens (primary N) is 1. The van der Waals surface area contributed by atoms with Gasteiger partial charge < -0.3 is 10.5 Å². The van der Waals surface area contributed by atoms with Gasteiger partial charge in [0.15, 0.2) is 0 Å². The number of rotatable bonds is 7. The van der Waals surface area contributed by atoms with Gasteiger partial charge in [0.25, 0.3) is 11.4 Å². The number of carbonyl (C=O) groups excluding carboxylic acids is 1. The van der Waals surface area contributed by atoms with E-state index in [1.165, 1.54) is 48.5 Å². The molecule has 0 amide bonds. The third kappa shape index (κ3) is 5.08. The highest BCUT2D eigenvalue weighted by molar-refractivity contribution is 5.75. The molecule has 2 aromatic rings. The van der Waals surface area contributed by atoms with Crippen molar-refractivity contribution in [3.63, 3.8) is 0 Å². The van der Waals surface area contributed by atoms with Gasteiger partial charge in [-0.25, -0.2) is 0 Å². The molecule has 1 atom stereocenters. The monoisotopic (exact) mass is 345 g/mol. The highest BCUT2D eigenvalue weighted by Gasteiger charge is 2.17. The Morgan fingerprint density at radius 1 is 0.920 bits per heavy atom. The lowest BCUT2D eigenvalue weighted by Crippen LogP contribution is -2.34. The van der Waals surface area contributed by atoms with Crippen molar-refractivity contribution in [3.05, 3.63) is 79.9 Å². The number of hydrogen-bond acceptors (Lipinski definition) is 7. The molecule has 2 aromatic carbocycles. The SMILES string of the molecule is N[C@@H](Cc1ccc([N+](=O)[O-])cc1)C(=O)OCc1ccc([N+](=O)[O-])cc1. The van der Waals surface area contributed by atoms with Gasteiger partial charge in [0.1, 0.15) is 12.6 Å². The molecule has 2 rings (SSSR count). The van der Waals surface area contributed by atoms with Crippen molar-refractivity contribution >= 4 is 17.3 Å². The zero-order valence-corrected chi connectivity index (χ0v) is 13.0. The topological polar surface area (TPSA) is 139 Å². The molecule has 0 unspecified atom stereocenters. The van der Waals surface area contributed by atoms with Gasteiger partial charge in [-0.3, -0.25) is 25.0 Å². The minimum Gasteiger partial charge on any atom is -0.460 e. The number of esters is 1. The Bertz CT molecular complexity index is 773. The lowest BCUT2D eigenvalue weighted by Gasteiger charge is -2.11. The number of nitro benzene ring substituents is 2. The van der Waals surface area contributed by atoms with Crippen LogP contribution in [0.3, 0.4) is 0 Å². The van der Waals surface area contributed by atoms with Crippen molar-refractivity contribution in [3.8, 4) is 0 Å². The molecule has 0 spiro atoms. The van der Waals surface area contributed by atoms with Crippen LogP contribution in [0.15, 0.2) is 48.5 Å². The Balaban J connectivity index is 1.87. The molecule has 0 fully saturated rings. The first-order chi connectivity index (χ1) is 11.9. The Hall–Kier alpha value is -3.33. The van der Waals surface area contributed by atoms with E-state index in [1.54, 1.807) is 0 Å². The Morgan fingerprint density at radius 3 is 1.80 bits per heavy atom. The van der Waals surface area contributed by atoms with Crippen molar-refractivity contribution in [1.29, 1.82) is 0 Å². The first-order valence-corrected chi connectivity index (χ1v) is 7.25. The maximum atomic E-state index is 11.9. The summed E-state index contributed by atoms with van der Waals surface area (Å²) in [5.74, 6) is -0.628. The minimum absolute atomic E-state index is 0.0435. The molecule has 0 bridgehead atoms. The average Bonchev–Trinajstić information content (AvgIpc) is 2.60. The quantitative estimate of drug-likeness (QED) is 0.460. The molecule has 0 aromatic heterocycles. The van der Waals surface area contributed by atoms with E-state index >= 15 is 0 Å². The second-order valence-corrected chi connectivity index (χ2v) is 5.27. The number of nitrogens with zero attached hydrogens (tertiary/aromatic N) is 2. The first kappa shape index (κ1) is 18.0. The second kappa shape index (κ2) is 7.97. The summed E-state index contributed by atoms with van der Waals surface area (Å²) in [6.45, 7) is -0.0508. The van der Waals surface area contributed by atoms with E-state index < -0.39 is 21.9 Å². The molecule has 130 valence electrons. The lowest BCUT2D eigenvalue weighted by atomic mass is 10.1. The normalized spacial score (nSPS) is 11.6. The smallest absolute Gasteiger partial charge is 0.323 e. The molecule has 9 heteroatoms. The summed E-state index contributed by atoms with van der Waals surface area (Å²) in [4.78, 5) is 32.0. The van der Waals surface area contributed by atoms with E-state index in [0.717, 1.165) is 0 Å². The van der Waals surface area contributed by atoms with Gasteiger partial charge >= 0.3 is 5.97 Å². The molecular weight excluding hydrogens is 330 g/mol. The van der Waals surface area contributed by atoms with Crippen LogP contribution in [0.1, 0.15) is 11.1 Å². The van der Waals surface area contributed by atoms with Crippen LogP contribution in [-0.2, 0) is 22.6 Å².